The Morgan fingerprint density at radius 3 is 2.22 bits per heavy atom. The number of amides is 1. The lowest BCUT2D eigenvalue weighted by atomic mass is 9.79. The molecule has 2 fully saturated rings. The number of nitrogens with two attached hydrogens (primary N) is 1. The summed E-state index contributed by atoms with van der Waals surface area (Å²) in [5, 5.41) is 5.42. The SMILES string of the molecule is CC1(C)CC(NC(=O)COC(=O)CC2CCCC2)CC(C)(C)[NH2+]1. The number of quaternary nitrogens is 1. The Kier molecular flexibility index (Phi) is 5.71. The van der Waals surface area contributed by atoms with Gasteiger partial charge in [-0.1, -0.05) is 12.8 Å². The van der Waals surface area contributed by atoms with Crippen LogP contribution >= 0.6 is 0 Å². The number of hydrogen-bond donors (Lipinski definition) is 2. The fourth-order valence-corrected chi connectivity index (χ4v) is 4.54. The van der Waals surface area contributed by atoms with Crippen LogP contribution in [0, 0.1) is 5.92 Å². The maximum Gasteiger partial charge on any atom is 0.306 e. The Labute approximate surface area is 139 Å². The number of ether oxygens (including phenoxy) is 1. The number of piperidine rings is 1. The van der Waals surface area contributed by atoms with Crippen LogP contribution in [0.3, 0.4) is 0 Å². The van der Waals surface area contributed by atoms with Crippen LogP contribution in [0.15, 0.2) is 0 Å². The molecule has 0 aromatic heterocycles. The van der Waals surface area contributed by atoms with Gasteiger partial charge in [-0.05, 0) is 46.5 Å². The minimum atomic E-state index is -0.232. The molecule has 5 heteroatoms. The first kappa shape index (κ1) is 18.2. The molecule has 132 valence electrons. The van der Waals surface area contributed by atoms with Crippen molar-refractivity contribution in [3.05, 3.63) is 0 Å². The summed E-state index contributed by atoms with van der Waals surface area (Å²) in [5.74, 6) is 0.0500. The van der Waals surface area contributed by atoms with Crippen LogP contribution in [0.2, 0.25) is 0 Å². The first-order valence-electron chi connectivity index (χ1n) is 8.97. The molecule has 0 aromatic rings. The Bertz CT molecular complexity index is 424. The average molecular weight is 325 g/mol. The average Bonchev–Trinajstić information content (AvgIpc) is 2.85. The van der Waals surface area contributed by atoms with E-state index in [1.807, 2.05) is 0 Å². The molecule has 1 saturated heterocycles. The van der Waals surface area contributed by atoms with E-state index in [0.717, 1.165) is 25.7 Å². The van der Waals surface area contributed by atoms with E-state index in [1.165, 1.54) is 12.8 Å². The fourth-order valence-electron chi connectivity index (χ4n) is 4.54. The smallest absolute Gasteiger partial charge is 0.306 e. The van der Waals surface area contributed by atoms with E-state index in [1.54, 1.807) is 0 Å². The summed E-state index contributed by atoms with van der Waals surface area (Å²) >= 11 is 0. The van der Waals surface area contributed by atoms with Gasteiger partial charge in [0, 0.05) is 25.3 Å². The second-order valence-electron chi connectivity index (χ2n) is 8.81. The van der Waals surface area contributed by atoms with Crippen LogP contribution in [0.25, 0.3) is 0 Å². The van der Waals surface area contributed by atoms with Gasteiger partial charge in [0.05, 0.1) is 11.1 Å². The molecule has 0 atom stereocenters. The van der Waals surface area contributed by atoms with Crippen molar-refractivity contribution in [2.24, 2.45) is 5.92 Å². The number of nitrogens with one attached hydrogen (secondary N) is 1. The highest BCUT2D eigenvalue weighted by atomic mass is 16.5. The summed E-state index contributed by atoms with van der Waals surface area (Å²) in [7, 11) is 0. The van der Waals surface area contributed by atoms with Crippen LogP contribution in [0.4, 0.5) is 0 Å². The van der Waals surface area contributed by atoms with Gasteiger partial charge in [-0.25, -0.2) is 0 Å². The summed E-state index contributed by atoms with van der Waals surface area (Å²) in [4.78, 5) is 23.9. The van der Waals surface area contributed by atoms with Gasteiger partial charge < -0.3 is 15.4 Å². The van der Waals surface area contributed by atoms with Gasteiger partial charge in [0.2, 0.25) is 0 Å². The van der Waals surface area contributed by atoms with Crippen molar-refractivity contribution in [3.63, 3.8) is 0 Å². The summed E-state index contributed by atoms with van der Waals surface area (Å²) in [6.45, 7) is 8.67. The lowest BCUT2D eigenvalue weighted by Gasteiger charge is -2.43. The van der Waals surface area contributed by atoms with Crippen molar-refractivity contribution >= 4 is 11.9 Å². The number of carbonyl (C=O) groups is 2. The highest BCUT2D eigenvalue weighted by Gasteiger charge is 2.42. The third kappa shape index (κ3) is 6.13. The van der Waals surface area contributed by atoms with Crippen molar-refractivity contribution in [1.82, 2.24) is 5.32 Å². The molecule has 2 aliphatic rings. The minimum absolute atomic E-state index is 0.110. The molecular formula is C18H33N2O3+. The Hall–Kier alpha value is -1.10. The maximum absolute atomic E-state index is 12.1. The van der Waals surface area contributed by atoms with Crippen LogP contribution in [0.1, 0.15) is 72.6 Å². The number of hydrogen-bond acceptors (Lipinski definition) is 3. The van der Waals surface area contributed by atoms with Gasteiger partial charge in [-0.2, -0.15) is 0 Å². The maximum atomic E-state index is 12.1. The van der Waals surface area contributed by atoms with Crippen molar-refractivity contribution in [2.75, 3.05) is 6.61 Å². The Balaban J connectivity index is 1.72. The molecule has 0 spiro atoms. The molecule has 2 rings (SSSR count). The summed E-state index contributed by atoms with van der Waals surface area (Å²) in [6, 6.07) is 0.144. The summed E-state index contributed by atoms with van der Waals surface area (Å²) in [6.07, 6.45) is 6.97. The third-order valence-electron chi connectivity index (χ3n) is 4.99. The zero-order chi connectivity index (χ0) is 17.1. The molecule has 0 unspecified atom stereocenters. The molecule has 5 nitrogen and oxygen atoms in total. The van der Waals surface area contributed by atoms with Gasteiger partial charge in [0.15, 0.2) is 6.61 Å². The van der Waals surface area contributed by atoms with Gasteiger partial charge in [-0.15, -0.1) is 0 Å². The largest absolute Gasteiger partial charge is 0.456 e. The molecular weight excluding hydrogens is 292 g/mol. The highest BCUT2D eigenvalue weighted by Crippen LogP contribution is 2.27. The standard InChI is InChI=1S/C18H32N2O3/c1-17(2)10-14(11-18(3,4)20-17)19-15(21)12-23-16(22)9-13-7-5-6-8-13/h13-14,20H,5-12H2,1-4H3,(H,19,21)/p+1. The third-order valence-corrected chi connectivity index (χ3v) is 4.99. The van der Waals surface area contributed by atoms with Crippen molar-refractivity contribution in [1.29, 1.82) is 0 Å². The molecule has 0 bridgehead atoms. The predicted molar refractivity (Wildman–Crippen MR) is 88.8 cm³/mol. The molecule has 1 saturated carbocycles. The van der Waals surface area contributed by atoms with E-state index < -0.39 is 0 Å². The number of rotatable bonds is 5. The molecule has 1 heterocycles. The Morgan fingerprint density at radius 2 is 1.65 bits per heavy atom. The zero-order valence-electron chi connectivity index (χ0n) is 15.1. The second kappa shape index (κ2) is 7.20. The lowest BCUT2D eigenvalue weighted by Crippen LogP contribution is -3.06. The molecule has 3 N–H and O–H groups in total. The van der Waals surface area contributed by atoms with Crippen molar-refractivity contribution in [3.8, 4) is 0 Å². The van der Waals surface area contributed by atoms with Gasteiger partial charge in [0.1, 0.15) is 0 Å². The molecule has 1 amide bonds. The van der Waals surface area contributed by atoms with Crippen LogP contribution in [0.5, 0.6) is 0 Å². The predicted octanol–water partition coefficient (Wildman–Crippen LogP) is 1.51. The molecule has 1 aliphatic heterocycles. The molecule has 0 aromatic carbocycles. The summed E-state index contributed by atoms with van der Waals surface area (Å²) < 4.78 is 5.15. The highest BCUT2D eigenvalue weighted by molar-refractivity contribution is 5.80. The second-order valence-corrected chi connectivity index (χ2v) is 8.81. The monoisotopic (exact) mass is 325 g/mol. The van der Waals surface area contributed by atoms with Gasteiger partial charge in [-0.3, -0.25) is 9.59 Å². The van der Waals surface area contributed by atoms with Crippen LogP contribution in [-0.4, -0.2) is 35.6 Å². The van der Waals surface area contributed by atoms with E-state index in [4.69, 9.17) is 4.74 Å². The zero-order valence-corrected chi connectivity index (χ0v) is 15.1. The van der Waals surface area contributed by atoms with Crippen LogP contribution in [-0.2, 0) is 14.3 Å². The molecule has 23 heavy (non-hydrogen) atoms. The number of carbonyl (C=O) groups excluding carboxylic acids is 2. The molecule has 1 aliphatic carbocycles. The van der Waals surface area contributed by atoms with Gasteiger partial charge in [0.25, 0.3) is 5.91 Å². The fraction of sp³-hybridized carbons (Fsp3) is 0.889. The van der Waals surface area contributed by atoms with Gasteiger partial charge >= 0.3 is 5.97 Å². The normalized spacial score (nSPS) is 24.3. The van der Waals surface area contributed by atoms with E-state index in [0.29, 0.717) is 12.3 Å². The number of esters is 1. The lowest BCUT2D eigenvalue weighted by molar-refractivity contribution is -0.787. The van der Waals surface area contributed by atoms with E-state index in [9.17, 15) is 9.59 Å². The summed E-state index contributed by atoms with van der Waals surface area (Å²) in [5.41, 5.74) is 0.220. The van der Waals surface area contributed by atoms with E-state index >= 15 is 0 Å². The quantitative estimate of drug-likeness (QED) is 0.753. The van der Waals surface area contributed by atoms with Crippen LogP contribution < -0.4 is 10.6 Å². The topological polar surface area (TPSA) is 72.0 Å². The van der Waals surface area contributed by atoms with Crippen molar-refractivity contribution in [2.45, 2.75) is 89.8 Å². The first-order chi connectivity index (χ1) is 10.7. The first-order valence-corrected chi connectivity index (χ1v) is 8.97. The van der Waals surface area contributed by atoms with E-state index in [2.05, 4.69) is 38.3 Å². The molecule has 0 radical (unpaired) electrons. The minimum Gasteiger partial charge on any atom is -0.456 e. The Morgan fingerprint density at radius 1 is 1.09 bits per heavy atom. The van der Waals surface area contributed by atoms with E-state index in [-0.39, 0.29) is 35.6 Å². The van der Waals surface area contributed by atoms with Crippen molar-refractivity contribution < 1.29 is 19.6 Å².